The van der Waals surface area contributed by atoms with Gasteiger partial charge in [-0.05, 0) is 25.2 Å². The molecule has 1 saturated carbocycles. The fourth-order valence-corrected chi connectivity index (χ4v) is 3.18. The molecule has 2 rings (SSSR count). The van der Waals surface area contributed by atoms with Crippen molar-refractivity contribution in [3.05, 3.63) is 0 Å². The molecular weight excluding hydrogens is 242 g/mol. The Balaban J connectivity index is 1.73. The van der Waals surface area contributed by atoms with Gasteiger partial charge < -0.3 is 10.8 Å². The van der Waals surface area contributed by atoms with Gasteiger partial charge in [0.15, 0.2) is 0 Å². The maximum Gasteiger partial charge on any atom is 0.264 e. The van der Waals surface area contributed by atoms with Crippen LogP contribution in [0.1, 0.15) is 51.4 Å². The highest BCUT2D eigenvalue weighted by atomic mass is 16.3. The Hall–Kier alpha value is -0.650. The number of carbonyl (C=O) groups is 1. The average molecular weight is 269 g/mol. The molecule has 1 saturated heterocycles. The third-order valence-corrected chi connectivity index (χ3v) is 4.38. The first kappa shape index (κ1) is 14.8. The number of aliphatic hydroxyl groups excluding tert-OH is 1. The number of hydrazine groups is 1. The lowest BCUT2D eigenvalue weighted by atomic mass is 9.84. The molecular formula is C14H27N3O2. The van der Waals surface area contributed by atoms with Crippen LogP contribution < -0.4 is 11.2 Å². The molecule has 2 aliphatic rings. The molecule has 2 fully saturated rings. The minimum Gasteiger partial charge on any atom is -0.382 e. The fraction of sp³-hybridized carbons (Fsp3) is 0.929. The van der Waals surface area contributed by atoms with Crippen molar-refractivity contribution in [2.75, 3.05) is 13.1 Å². The van der Waals surface area contributed by atoms with E-state index < -0.39 is 12.1 Å². The molecule has 1 heterocycles. The number of rotatable bonds is 5. The lowest BCUT2D eigenvalue weighted by Gasteiger charge is -2.27. The molecule has 0 aromatic rings. The van der Waals surface area contributed by atoms with E-state index in [2.05, 4.69) is 5.43 Å². The van der Waals surface area contributed by atoms with Crippen LogP contribution in [0, 0.1) is 5.92 Å². The highest BCUT2D eigenvalue weighted by molar-refractivity contribution is 5.80. The van der Waals surface area contributed by atoms with E-state index in [0.29, 0.717) is 5.92 Å². The Labute approximate surface area is 115 Å². The normalized spacial score (nSPS) is 25.2. The van der Waals surface area contributed by atoms with Crippen LogP contribution in [0.5, 0.6) is 0 Å². The number of hydrogen-bond acceptors (Lipinski definition) is 4. The molecule has 2 unspecified atom stereocenters. The van der Waals surface area contributed by atoms with Gasteiger partial charge in [0.2, 0.25) is 0 Å². The van der Waals surface area contributed by atoms with Gasteiger partial charge in [-0.1, -0.05) is 32.1 Å². The van der Waals surface area contributed by atoms with E-state index in [0.717, 1.165) is 32.4 Å². The van der Waals surface area contributed by atoms with Gasteiger partial charge in [-0.25, -0.2) is 5.01 Å². The maximum absolute atomic E-state index is 11.9. The number of nitrogens with one attached hydrogen (secondary N) is 1. The van der Waals surface area contributed by atoms with Crippen LogP contribution in [-0.4, -0.2) is 41.3 Å². The molecule has 0 aromatic carbocycles. The van der Waals surface area contributed by atoms with Crippen LogP contribution in [-0.2, 0) is 4.79 Å². The lowest BCUT2D eigenvalue weighted by Crippen LogP contribution is -2.51. The van der Waals surface area contributed by atoms with E-state index in [1.165, 1.54) is 32.1 Å². The second-order valence-electron chi connectivity index (χ2n) is 6.02. The number of hydrogen-bond donors (Lipinski definition) is 3. The van der Waals surface area contributed by atoms with E-state index in [9.17, 15) is 9.90 Å². The summed E-state index contributed by atoms with van der Waals surface area (Å²) in [5.74, 6) is 0.239. The molecule has 0 aromatic heterocycles. The fourth-order valence-electron chi connectivity index (χ4n) is 3.18. The van der Waals surface area contributed by atoms with Gasteiger partial charge in [0.05, 0.1) is 0 Å². The van der Waals surface area contributed by atoms with Crippen molar-refractivity contribution < 1.29 is 9.90 Å². The van der Waals surface area contributed by atoms with Crippen molar-refractivity contribution in [1.82, 2.24) is 10.4 Å². The van der Waals surface area contributed by atoms with Crippen LogP contribution >= 0.6 is 0 Å². The number of nitrogens with zero attached hydrogens (tertiary/aromatic N) is 1. The van der Waals surface area contributed by atoms with Crippen molar-refractivity contribution in [3.63, 3.8) is 0 Å². The van der Waals surface area contributed by atoms with Crippen LogP contribution in [0.4, 0.5) is 0 Å². The van der Waals surface area contributed by atoms with Crippen molar-refractivity contribution in [2.45, 2.75) is 63.5 Å². The molecule has 5 heteroatoms. The second kappa shape index (κ2) is 7.22. The Morgan fingerprint density at radius 3 is 2.47 bits per heavy atom. The van der Waals surface area contributed by atoms with Crippen LogP contribution in [0.25, 0.3) is 0 Å². The predicted octanol–water partition coefficient (Wildman–Crippen LogP) is 0.772. The largest absolute Gasteiger partial charge is 0.382 e. The average Bonchev–Trinajstić information content (AvgIpc) is 2.91. The van der Waals surface area contributed by atoms with Gasteiger partial charge in [0, 0.05) is 19.1 Å². The molecule has 2 atom stereocenters. The van der Waals surface area contributed by atoms with E-state index >= 15 is 0 Å². The zero-order valence-corrected chi connectivity index (χ0v) is 11.7. The molecule has 5 nitrogen and oxygen atoms in total. The van der Waals surface area contributed by atoms with E-state index in [1.807, 2.05) is 5.01 Å². The first-order valence-corrected chi connectivity index (χ1v) is 7.66. The summed E-state index contributed by atoms with van der Waals surface area (Å²) in [6, 6.07) is -0.439. The number of nitrogens with two attached hydrogens (primary N) is 1. The molecule has 1 aliphatic heterocycles. The van der Waals surface area contributed by atoms with Gasteiger partial charge in [-0.2, -0.15) is 0 Å². The highest BCUT2D eigenvalue weighted by Crippen LogP contribution is 2.27. The van der Waals surface area contributed by atoms with Gasteiger partial charge in [-0.15, -0.1) is 0 Å². The third kappa shape index (κ3) is 4.44. The molecule has 1 aliphatic carbocycles. The SMILES string of the molecule is NC(CC1CCCCC1)C(O)C(=O)NN1CCCC1. The minimum atomic E-state index is -1.08. The monoisotopic (exact) mass is 269 g/mol. The first-order valence-electron chi connectivity index (χ1n) is 7.66. The van der Waals surface area contributed by atoms with Crippen molar-refractivity contribution in [3.8, 4) is 0 Å². The maximum atomic E-state index is 11.9. The molecule has 4 N–H and O–H groups in total. The quantitative estimate of drug-likeness (QED) is 0.689. The zero-order chi connectivity index (χ0) is 13.7. The topological polar surface area (TPSA) is 78.6 Å². The van der Waals surface area contributed by atoms with Gasteiger partial charge in [0.1, 0.15) is 6.10 Å². The molecule has 0 spiro atoms. The van der Waals surface area contributed by atoms with E-state index in [4.69, 9.17) is 5.73 Å². The van der Waals surface area contributed by atoms with Crippen molar-refractivity contribution in [1.29, 1.82) is 0 Å². The number of carbonyl (C=O) groups excluding carboxylic acids is 1. The van der Waals surface area contributed by atoms with Gasteiger partial charge in [0.25, 0.3) is 5.91 Å². The Kier molecular flexibility index (Phi) is 5.60. The van der Waals surface area contributed by atoms with Gasteiger partial charge >= 0.3 is 0 Å². The molecule has 1 amide bonds. The number of amides is 1. The smallest absolute Gasteiger partial charge is 0.264 e. The van der Waals surface area contributed by atoms with Crippen LogP contribution in [0.3, 0.4) is 0 Å². The summed E-state index contributed by atoms with van der Waals surface area (Å²) in [6.45, 7) is 1.74. The summed E-state index contributed by atoms with van der Waals surface area (Å²) < 4.78 is 0. The third-order valence-electron chi connectivity index (χ3n) is 4.38. The predicted molar refractivity (Wildman–Crippen MR) is 74.1 cm³/mol. The van der Waals surface area contributed by atoms with Gasteiger partial charge in [-0.3, -0.25) is 10.2 Å². The molecule has 0 radical (unpaired) electrons. The van der Waals surface area contributed by atoms with Crippen LogP contribution in [0.2, 0.25) is 0 Å². The highest BCUT2D eigenvalue weighted by Gasteiger charge is 2.28. The summed E-state index contributed by atoms with van der Waals surface area (Å²) in [7, 11) is 0. The minimum absolute atomic E-state index is 0.342. The van der Waals surface area contributed by atoms with E-state index in [-0.39, 0.29) is 5.91 Å². The summed E-state index contributed by atoms with van der Waals surface area (Å²) in [6.07, 6.45) is 8.08. The van der Waals surface area contributed by atoms with Crippen molar-refractivity contribution in [2.24, 2.45) is 11.7 Å². The molecule has 19 heavy (non-hydrogen) atoms. The molecule has 110 valence electrons. The Morgan fingerprint density at radius 1 is 1.21 bits per heavy atom. The summed E-state index contributed by atoms with van der Waals surface area (Å²) in [4.78, 5) is 11.9. The first-order chi connectivity index (χ1) is 9.16. The summed E-state index contributed by atoms with van der Waals surface area (Å²) >= 11 is 0. The summed E-state index contributed by atoms with van der Waals surface area (Å²) in [5, 5.41) is 11.9. The lowest BCUT2D eigenvalue weighted by molar-refractivity contribution is -0.135. The number of aliphatic hydroxyl groups is 1. The zero-order valence-electron chi connectivity index (χ0n) is 11.7. The Bertz CT molecular complexity index is 286. The second-order valence-corrected chi connectivity index (χ2v) is 6.02. The molecule has 0 bridgehead atoms. The Morgan fingerprint density at radius 2 is 1.84 bits per heavy atom. The van der Waals surface area contributed by atoms with E-state index in [1.54, 1.807) is 0 Å². The van der Waals surface area contributed by atoms with Crippen LogP contribution in [0.15, 0.2) is 0 Å². The standard InChI is InChI=1S/C14H27N3O2/c15-12(10-11-6-2-1-3-7-11)13(18)14(19)16-17-8-4-5-9-17/h11-13,18H,1-10,15H2,(H,16,19). The van der Waals surface area contributed by atoms with Crippen molar-refractivity contribution >= 4 is 5.91 Å². The summed E-state index contributed by atoms with van der Waals surface area (Å²) in [5.41, 5.74) is 8.76.